The maximum Gasteiger partial charge on any atom is 0.275 e. The van der Waals surface area contributed by atoms with Crippen LogP contribution >= 0.6 is 0 Å². The van der Waals surface area contributed by atoms with Gasteiger partial charge in [-0.1, -0.05) is 12.2 Å². The predicted octanol–water partition coefficient (Wildman–Crippen LogP) is 1.59. The van der Waals surface area contributed by atoms with Gasteiger partial charge in [-0.3, -0.25) is 0 Å². The van der Waals surface area contributed by atoms with Gasteiger partial charge in [0.05, 0.1) is 6.54 Å². The van der Waals surface area contributed by atoms with Crippen molar-refractivity contribution in [1.29, 1.82) is 0 Å². The summed E-state index contributed by atoms with van der Waals surface area (Å²) in [6.45, 7) is 3.34. The van der Waals surface area contributed by atoms with Gasteiger partial charge in [0, 0.05) is 14.1 Å². The molecule has 0 aromatic carbocycles. The molecule has 0 aliphatic rings. The van der Waals surface area contributed by atoms with Gasteiger partial charge in [-0.05, 0) is 32.0 Å². The van der Waals surface area contributed by atoms with E-state index in [1.807, 2.05) is 13.0 Å². The molecule has 18 heavy (non-hydrogen) atoms. The first-order valence-electron chi connectivity index (χ1n) is 5.81. The zero-order valence-corrected chi connectivity index (χ0v) is 11.8. The Morgan fingerprint density at radius 2 is 2.11 bits per heavy atom. The number of nitrogens with one attached hydrogen (secondary N) is 1. The molecule has 0 aliphatic heterocycles. The molecule has 1 heterocycles. The Morgan fingerprint density at radius 3 is 2.72 bits per heavy atom. The van der Waals surface area contributed by atoms with Crippen molar-refractivity contribution in [3.8, 4) is 0 Å². The van der Waals surface area contributed by atoms with Crippen molar-refractivity contribution in [2.45, 2.75) is 25.0 Å². The fraction of sp³-hybridized carbons (Fsp3) is 0.500. The van der Waals surface area contributed by atoms with Crippen molar-refractivity contribution in [3.05, 3.63) is 30.0 Å². The molecular formula is C12H20N2O3S. The highest BCUT2D eigenvalue weighted by molar-refractivity contribution is 7.88. The molecule has 0 radical (unpaired) electrons. The highest BCUT2D eigenvalue weighted by atomic mass is 32.2. The second-order valence-electron chi connectivity index (χ2n) is 4.04. The first-order valence-corrected chi connectivity index (χ1v) is 7.25. The molecule has 0 saturated carbocycles. The van der Waals surface area contributed by atoms with E-state index in [0.29, 0.717) is 12.3 Å². The van der Waals surface area contributed by atoms with Gasteiger partial charge in [0.1, 0.15) is 5.76 Å². The first kappa shape index (κ1) is 14.9. The molecule has 0 saturated heterocycles. The average molecular weight is 272 g/mol. The van der Waals surface area contributed by atoms with E-state index in [4.69, 9.17) is 4.42 Å². The van der Waals surface area contributed by atoms with E-state index < -0.39 is 10.0 Å². The molecule has 0 unspecified atom stereocenters. The van der Waals surface area contributed by atoms with Crippen molar-refractivity contribution >= 4 is 10.0 Å². The summed E-state index contributed by atoms with van der Waals surface area (Å²) in [5, 5.41) is 3.16. The maximum absolute atomic E-state index is 11.8. The fourth-order valence-electron chi connectivity index (χ4n) is 1.34. The lowest BCUT2D eigenvalue weighted by atomic mass is 10.3. The Kier molecular flexibility index (Phi) is 5.58. The third-order valence-electron chi connectivity index (χ3n) is 2.39. The molecule has 1 N–H and O–H groups in total. The van der Waals surface area contributed by atoms with E-state index in [0.717, 1.165) is 17.3 Å². The Hall–Kier alpha value is -1.11. The van der Waals surface area contributed by atoms with Crippen molar-refractivity contribution in [2.24, 2.45) is 0 Å². The number of nitrogens with zero attached hydrogens (tertiary/aromatic N) is 1. The van der Waals surface area contributed by atoms with Gasteiger partial charge in [-0.25, -0.2) is 12.7 Å². The molecular weight excluding hydrogens is 252 g/mol. The Morgan fingerprint density at radius 1 is 1.39 bits per heavy atom. The molecule has 102 valence electrons. The van der Waals surface area contributed by atoms with Crippen LogP contribution in [-0.4, -0.2) is 33.4 Å². The standard InChI is InChI=1S/C12H20N2O3S/c1-4-5-6-9-13-10-11-7-8-12(17-11)18(15,16)14(2)3/h4-5,7-8,13H,6,9-10H2,1-3H3/b5-4+. The highest BCUT2D eigenvalue weighted by Gasteiger charge is 2.21. The third kappa shape index (κ3) is 3.97. The summed E-state index contributed by atoms with van der Waals surface area (Å²) in [5.74, 6) is 0.621. The zero-order chi connectivity index (χ0) is 13.6. The summed E-state index contributed by atoms with van der Waals surface area (Å²) in [4.78, 5) is 0. The number of hydrogen-bond donors (Lipinski definition) is 1. The van der Waals surface area contributed by atoms with Crippen molar-refractivity contribution in [2.75, 3.05) is 20.6 Å². The number of rotatable bonds is 7. The Bertz CT molecular complexity index is 489. The normalized spacial score (nSPS) is 12.7. The molecule has 1 aromatic heterocycles. The monoisotopic (exact) mass is 272 g/mol. The first-order chi connectivity index (χ1) is 8.48. The minimum absolute atomic E-state index is 0.0160. The summed E-state index contributed by atoms with van der Waals surface area (Å²) in [7, 11) is -0.510. The predicted molar refractivity (Wildman–Crippen MR) is 70.7 cm³/mol. The SMILES string of the molecule is C/C=C/CCNCc1ccc(S(=O)(=O)N(C)C)o1. The number of hydrogen-bond acceptors (Lipinski definition) is 4. The van der Waals surface area contributed by atoms with Gasteiger partial charge in [-0.2, -0.15) is 0 Å². The summed E-state index contributed by atoms with van der Waals surface area (Å²) in [6, 6.07) is 3.16. The van der Waals surface area contributed by atoms with Crippen LogP contribution in [0.4, 0.5) is 0 Å². The molecule has 1 aromatic rings. The lowest BCUT2D eigenvalue weighted by Crippen LogP contribution is -2.21. The minimum Gasteiger partial charge on any atom is -0.447 e. The van der Waals surface area contributed by atoms with Crippen LogP contribution in [0.15, 0.2) is 33.8 Å². The van der Waals surface area contributed by atoms with Gasteiger partial charge in [-0.15, -0.1) is 0 Å². The molecule has 0 bridgehead atoms. The van der Waals surface area contributed by atoms with Gasteiger partial charge in [0.2, 0.25) is 5.09 Å². The quantitative estimate of drug-likeness (QED) is 0.605. The van der Waals surface area contributed by atoms with Gasteiger partial charge in [0.15, 0.2) is 0 Å². The molecule has 0 aliphatic carbocycles. The van der Waals surface area contributed by atoms with Crippen LogP contribution in [0.5, 0.6) is 0 Å². The Balaban J connectivity index is 2.54. The summed E-state index contributed by atoms with van der Waals surface area (Å²) < 4.78 is 30.0. The number of allylic oxidation sites excluding steroid dienone is 1. The van der Waals surface area contributed by atoms with E-state index in [1.54, 1.807) is 6.07 Å². The lowest BCUT2D eigenvalue weighted by Gasteiger charge is -2.07. The van der Waals surface area contributed by atoms with Crippen LogP contribution < -0.4 is 5.32 Å². The van der Waals surface area contributed by atoms with E-state index >= 15 is 0 Å². The molecule has 0 fully saturated rings. The van der Waals surface area contributed by atoms with Crippen LogP contribution in [0.2, 0.25) is 0 Å². The van der Waals surface area contributed by atoms with Crippen LogP contribution in [0, 0.1) is 0 Å². The largest absolute Gasteiger partial charge is 0.447 e. The van der Waals surface area contributed by atoms with E-state index in [-0.39, 0.29) is 5.09 Å². The summed E-state index contributed by atoms with van der Waals surface area (Å²) >= 11 is 0. The molecule has 5 nitrogen and oxygen atoms in total. The van der Waals surface area contributed by atoms with Crippen LogP contribution in [0.3, 0.4) is 0 Å². The van der Waals surface area contributed by atoms with E-state index in [9.17, 15) is 8.42 Å². The third-order valence-corrected chi connectivity index (χ3v) is 4.08. The molecule has 6 heteroatoms. The zero-order valence-electron chi connectivity index (χ0n) is 11.0. The lowest BCUT2D eigenvalue weighted by molar-refractivity contribution is 0.390. The van der Waals surface area contributed by atoms with Crippen molar-refractivity contribution < 1.29 is 12.8 Å². The minimum atomic E-state index is -3.47. The van der Waals surface area contributed by atoms with Crippen molar-refractivity contribution in [1.82, 2.24) is 9.62 Å². The number of furan rings is 1. The summed E-state index contributed by atoms with van der Waals surface area (Å²) in [5.41, 5.74) is 0. The number of sulfonamides is 1. The van der Waals surface area contributed by atoms with Gasteiger partial charge < -0.3 is 9.73 Å². The van der Waals surface area contributed by atoms with Gasteiger partial charge in [0.25, 0.3) is 10.0 Å². The molecule has 0 amide bonds. The fourth-order valence-corrected chi connectivity index (χ4v) is 2.15. The second kappa shape index (κ2) is 6.72. The van der Waals surface area contributed by atoms with E-state index in [2.05, 4.69) is 11.4 Å². The van der Waals surface area contributed by atoms with Gasteiger partial charge >= 0.3 is 0 Å². The van der Waals surface area contributed by atoms with Crippen LogP contribution in [0.25, 0.3) is 0 Å². The van der Waals surface area contributed by atoms with Crippen molar-refractivity contribution in [3.63, 3.8) is 0 Å². The maximum atomic E-state index is 11.8. The van der Waals surface area contributed by atoms with Crippen LogP contribution in [0.1, 0.15) is 19.1 Å². The second-order valence-corrected chi connectivity index (χ2v) is 6.13. The Labute approximate surface area is 109 Å². The topological polar surface area (TPSA) is 62.6 Å². The molecule has 1 rings (SSSR count). The van der Waals surface area contributed by atoms with Crippen LogP contribution in [-0.2, 0) is 16.6 Å². The highest BCUT2D eigenvalue weighted by Crippen LogP contribution is 2.16. The van der Waals surface area contributed by atoms with E-state index in [1.165, 1.54) is 20.2 Å². The molecule has 0 atom stereocenters. The smallest absolute Gasteiger partial charge is 0.275 e. The summed E-state index contributed by atoms with van der Waals surface area (Å²) in [6.07, 6.45) is 5.01. The average Bonchev–Trinajstić information content (AvgIpc) is 2.78. The molecule has 0 spiro atoms.